The summed E-state index contributed by atoms with van der Waals surface area (Å²) in [6.45, 7) is 0. The maximum atomic E-state index is 5.55. The molecule has 1 aromatic heterocycles. The van der Waals surface area contributed by atoms with Crippen molar-refractivity contribution in [2.45, 2.75) is 6.42 Å². The van der Waals surface area contributed by atoms with Crippen molar-refractivity contribution in [3.8, 4) is 5.75 Å². The summed E-state index contributed by atoms with van der Waals surface area (Å²) >= 11 is 0. The molecule has 0 spiro atoms. The smallest absolute Gasteiger partial charge is 0.145 e. The topological polar surface area (TPSA) is 22.1 Å². The highest BCUT2D eigenvalue weighted by Gasteiger charge is 1.99. The van der Waals surface area contributed by atoms with Gasteiger partial charge in [0.25, 0.3) is 0 Å². The van der Waals surface area contributed by atoms with Crippen LogP contribution in [0.5, 0.6) is 5.75 Å². The zero-order valence-electron chi connectivity index (χ0n) is 7.18. The lowest BCUT2D eigenvalue weighted by molar-refractivity contribution is 0.439. The number of allylic oxidation sites excluding steroid dienone is 3. The van der Waals surface area contributed by atoms with E-state index in [0.717, 1.165) is 17.9 Å². The van der Waals surface area contributed by atoms with Gasteiger partial charge in [-0.2, -0.15) is 0 Å². The van der Waals surface area contributed by atoms with Crippen LogP contribution in [0.1, 0.15) is 6.42 Å². The second-order valence-corrected chi connectivity index (χ2v) is 2.73. The average Bonchev–Trinajstić information content (AvgIpc) is 2.21. The number of hydrogen-bond donors (Lipinski definition) is 0. The lowest BCUT2D eigenvalue weighted by atomic mass is 10.2. The van der Waals surface area contributed by atoms with E-state index in [-0.39, 0.29) is 0 Å². The third-order valence-corrected chi connectivity index (χ3v) is 1.72. The van der Waals surface area contributed by atoms with Crippen molar-refractivity contribution in [3.63, 3.8) is 0 Å². The average molecular weight is 172 g/mol. The van der Waals surface area contributed by atoms with Crippen LogP contribution in [-0.2, 0) is 0 Å². The normalized spacial score (nSPS) is 15.2. The minimum absolute atomic E-state index is 0.778. The van der Waals surface area contributed by atoms with Crippen LogP contribution in [0.4, 0.5) is 0 Å². The third kappa shape index (κ3) is 2.18. The van der Waals surface area contributed by atoms with E-state index in [1.165, 1.54) is 0 Å². The summed E-state index contributed by atoms with van der Waals surface area (Å²) in [7, 11) is 0. The molecule has 0 atom stereocenters. The van der Waals surface area contributed by atoms with Crippen LogP contribution in [-0.4, -0.2) is 4.98 Å². The summed E-state index contributed by atoms with van der Waals surface area (Å²) in [5.74, 6) is 1.66. The molecule has 2 rings (SSSR count). The molecular weight excluding hydrogens is 162 g/mol. The van der Waals surface area contributed by atoms with Crippen molar-refractivity contribution in [2.24, 2.45) is 0 Å². The molecule has 1 radical (unpaired) electrons. The van der Waals surface area contributed by atoms with Gasteiger partial charge >= 0.3 is 0 Å². The van der Waals surface area contributed by atoms with Gasteiger partial charge in [0.1, 0.15) is 11.5 Å². The third-order valence-electron chi connectivity index (χ3n) is 1.72. The molecule has 0 N–H and O–H groups in total. The molecule has 0 unspecified atom stereocenters. The van der Waals surface area contributed by atoms with Crippen molar-refractivity contribution in [2.75, 3.05) is 0 Å². The molecule has 0 aliphatic heterocycles. The molecule has 1 aliphatic carbocycles. The number of ether oxygens (including phenoxy) is 1. The predicted molar refractivity (Wildman–Crippen MR) is 51.0 cm³/mol. The van der Waals surface area contributed by atoms with Gasteiger partial charge in [-0.1, -0.05) is 6.08 Å². The monoisotopic (exact) mass is 172 g/mol. The highest BCUT2D eigenvalue weighted by molar-refractivity contribution is 5.27. The van der Waals surface area contributed by atoms with E-state index in [1.54, 1.807) is 12.4 Å². The predicted octanol–water partition coefficient (Wildman–Crippen LogP) is 2.51. The van der Waals surface area contributed by atoms with E-state index >= 15 is 0 Å². The van der Waals surface area contributed by atoms with Crippen molar-refractivity contribution in [1.29, 1.82) is 0 Å². The second kappa shape index (κ2) is 3.90. The number of rotatable bonds is 2. The summed E-state index contributed by atoms with van der Waals surface area (Å²) in [5.41, 5.74) is 0. The quantitative estimate of drug-likeness (QED) is 0.683. The summed E-state index contributed by atoms with van der Waals surface area (Å²) < 4.78 is 5.55. The zero-order valence-corrected chi connectivity index (χ0v) is 7.18. The van der Waals surface area contributed by atoms with E-state index in [2.05, 4.69) is 11.4 Å². The Morgan fingerprint density at radius 2 is 2.38 bits per heavy atom. The van der Waals surface area contributed by atoms with Gasteiger partial charge in [-0.15, -0.1) is 0 Å². The minimum atomic E-state index is 0.778. The first-order valence-corrected chi connectivity index (χ1v) is 4.23. The minimum Gasteiger partial charge on any atom is -0.456 e. The van der Waals surface area contributed by atoms with Gasteiger partial charge in [-0.3, -0.25) is 4.98 Å². The standard InChI is InChI=1S/C11H10NO/c1-2-5-10(6-3-1)13-11-7-4-8-12-9-11/h1-2,4-9H,3H2. The molecule has 0 amide bonds. The van der Waals surface area contributed by atoms with Crippen LogP contribution in [0, 0.1) is 6.42 Å². The lowest BCUT2D eigenvalue weighted by Crippen LogP contribution is -1.95. The largest absolute Gasteiger partial charge is 0.456 e. The van der Waals surface area contributed by atoms with Crippen LogP contribution in [0.15, 0.2) is 48.5 Å². The van der Waals surface area contributed by atoms with Crippen molar-refractivity contribution in [3.05, 3.63) is 54.9 Å². The molecule has 2 heteroatoms. The second-order valence-electron chi connectivity index (χ2n) is 2.73. The Morgan fingerprint density at radius 1 is 1.38 bits per heavy atom. The summed E-state index contributed by atoms with van der Waals surface area (Å²) in [6.07, 6.45) is 12.4. The first-order valence-electron chi connectivity index (χ1n) is 4.23. The number of aromatic nitrogens is 1. The molecule has 0 fully saturated rings. The van der Waals surface area contributed by atoms with Crippen LogP contribution >= 0.6 is 0 Å². The van der Waals surface area contributed by atoms with Crippen LogP contribution in [0.3, 0.4) is 0 Å². The fraction of sp³-hybridized carbons (Fsp3) is 0.0909. The molecule has 1 heterocycles. The van der Waals surface area contributed by atoms with Gasteiger partial charge in [0.15, 0.2) is 0 Å². The Bertz CT molecular complexity index is 327. The Kier molecular flexibility index (Phi) is 2.41. The fourth-order valence-corrected chi connectivity index (χ4v) is 1.11. The van der Waals surface area contributed by atoms with Crippen molar-refractivity contribution in [1.82, 2.24) is 4.98 Å². The highest BCUT2D eigenvalue weighted by atomic mass is 16.5. The van der Waals surface area contributed by atoms with Gasteiger partial charge in [0, 0.05) is 6.20 Å². The first kappa shape index (κ1) is 8.05. The molecular formula is C11H10NO. The molecule has 0 saturated carbocycles. The fourth-order valence-electron chi connectivity index (χ4n) is 1.11. The Hall–Kier alpha value is -1.57. The van der Waals surface area contributed by atoms with Crippen LogP contribution < -0.4 is 4.74 Å². The van der Waals surface area contributed by atoms with Gasteiger partial charge in [-0.05, 0) is 37.1 Å². The van der Waals surface area contributed by atoms with Gasteiger partial charge in [0.2, 0.25) is 0 Å². The zero-order chi connectivity index (χ0) is 8.93. The van der Waals surface area contributed by atoms with Gasteiger partial charge in [0.05, 0.1) is 6.20 Å². The van der Waals surface area contributed by atoms with Gasteiger partial charge < -0.3 is 4.74 Å². The Labute approximate surface area is 77.6 Å². The van der Waals surface area contributed by atoms with Gasteiger partial charge in [-0.25, -0.2) is 0 Å². The number of nitrogens with zero attached hydrogens (tertiary/aromatic N) is 1. The summed E-state index contributed by atoms with van der Waals surface area (Å²) in [6, 6.07) is 3.74. The highest BCUT2D eigenvalue weighted by Crippen LogP contribution is 2.15. The van der Waals surface area contributed by atoms with E-state index < -0.39 is 0 Å². The van der Waals surface area contributed by atoms with E-state index in [4.69, 9.17) is 4.74 Å². The first-order chi connectivity index (χ1) is 6.45. The number of hydrogen-bond acceptors (Lipinski definition) is 2. The molecule has 2 nitrogen and oxygen atoms in total. The lowest BCUT2D eigenvalue weighted by Gasteiger charge is -2.08. The molecule has 1 aliphatic rings. The number of pyridine rings is 1. The van der Waals surface area contributed by atoms with Crippen molar-refractivity contribution >= 4 is 0 Å². The van der Waals surface area contributed by atoms with E-state index in [0.29, 0.717) is 0 Å². The SMILES string of the molecule is [CH]1C=CC(Oc2cccnc2)=CC1. The maximum Gasteiger partial charge on any atom is 0.145 e. The Balaban J connectivity index is 2.06. The molecule has 65 valence electrons. The summed E-state index contributed by atoms with van der Waals surface area (Å²) in [5, 5.41) is 0. The maximum absolute atomic E-state index is 5.55. The molecule has 13 heavy (non-hydrogen) atoms. The molecule has 0 bridgehead atoms. The van der Waals surface area contributed by atoms with Crippen molar-refractivity contribution < 1.29 is 4.74 Å². The van der Waals surface area contributed by atoms with E-state index in [9.17, 15) is 0 Å². The molecule has 1 aromatic rings. The Morgan fingerprint density at radius 3 is 3.08 bits per heavy atom. The molecule has 0 saturated heterocycles. The van der Waals surface area contributed by atoms with Crippen LogP contribution in [0.2, 0.25) is 0 Å². The molecule has 0 aromatic carbocycles. The summed E-state index contributed by atoms with van der Waals surface area (Å²) in [4.78, 5) is 3.97. The van der Waals surface area contributed by atoms with E-state index in [1.807, 2.05) is 30.4 Å². The van der Waals surface area contributed by atoms with Crippen LogP contribution in [0.25, 0.3) is 0 Å².